The van der Waals surface area contributed by atoms with Gasteiger partial charge in [-0.2, -0.15) is 0 Å². The smallest absolute Gasteiger partial charge is 0.0774 e. The van der Waals surface area contributed by atoms with Gasteiger partial charge in [-0.05, 0) is 90.6 Å². The number of hydrogen-bond donors (Lipinski definition) is 1. The average Bonchev–Trinajstić information content (AvgIpc) is 2.49. The molecular weight excluding hydrogens is 363 g/mol. The molecule has 2 fully saturated rings. The first kappa shape index (κ1) is 14.8. The number of aliphatic hydroxyl groups excluding tert-OH is 1. The number of benzene rings is 1. The molecule has 2 aliphatic rings. The van der Waals surface area contributed by atoms with Gasteiger partial charge in [0.2, 0.25) is 0 Å². The normalized spacial score (nSPS) is 34.9. The largest absolute Gasteiger partial charge is 0.391 e. The van der Waals surface area contributed by atoms with E-state index in [-0.39, 0.29) is 6.10 Å². The second-order valence-electron chi connectivity index (χ2n) is 6.27. The minimum absolute atomic E-state index is 0.227. The van der Waals surface area contributed by atoms with Gasteiger partial charge in [-0.15, -0.1) is 0 Å². The van der Waals surface area contributed by atoms with Gasteiger partial charge in [-0.25, -0.2) is 0 Å². The van der Waals surface area contributed by atoms with Crippen molar-refractivity contribution < 1.29 is 9.84 Å². The van der Waals surface area contributed by atoms with Crippen LogP contribution in [0.2, 0.25) is 0 Å². The third kappa shape index (κ3) is 3.55. The Kier molecular flexibility index (Phi) is 5.00. The predicted octanol–water partition coefficient (Wildman–Crippen LogP) is 4.10. The van der Waals surface area contributed by atoms with E-state index < -0.39 is 0 Å². The fourth-order valence-corrected chi connectivity index (χ4v) is 4.05. The zero-order valence-electron chi connectivity index (χ0n) is 11.8. The highest BCUT2D eigenvalue weighted by molar-refractivity contribution is 14.1. The zero-order chi connectivity index (χ0) is 13.9. The Balaban J connectivity index is 1.53. The Morgan fingerprint density at radius 3 is 2.25 bits per heavy atom. The minimum Gasteiger partial charge on any atom is -0.391 e. The van der Waals surface area contributed by atoms with Crippen molar-refractivity contribution >= 4 is 22.6 Å². The van der Waals surface area contributed by atoms with Crippen molar-refractivity contribution in [3.8, 4) is 0 Å². The summed E-state index contributed by atoms with van der Waals surface area (Å²) in [6.07, 6.45) is 7.25. The number of halogens is 1. The lowest BCUT2D eigenvalue weighted by atomic mass is 9.75. The maximum atomic E-state index is 9.51. The lowest BCUT2D eigenvalue weighted by molar-refractivity contribution is -0.0845. The summed E-state index contributed by atoms with van der Waals surface area (Å²) in [4.78, 5) is 0. The third-order valence-electron chi connectivity index (χ3n) is 4.93. The molecule has 1 aromatic carbocycles. The minimum atomic E-state index is -0.227. The molecule has 1 aromatic rings. The van der Waals surface area contributed by atoms with E-state index in [1.54, 1.807) is 0 Å². The van der Waals surface area contributed by atoms with Crippen LogP contribution in [-0.2, 0) is 4.74 Å². The summed E-state index contributed by atoms with van der Waals surface area (Å²) in [7, 11) is 0. The Bertz CT molecular complexity index is 415. The van der Waals surface area contributed by atoms with Crippen LogP contribution in [0.5, 0.6) is 0 Å². The molecule has 3 rings (SSSR count). The lowest BCUT2D eigenvalue weighted by Crippen LogP contribution is -2.35. The molecule has 0 bridgehead atoms. The van der Waals surface area contributed by atoms with Crippen LogP contribution in [0.4, 0.5) is 0 Å². The third-order valence-corrected chi connectivity index (χ3v) is 5.65. The molecule has 1 heterocycles. The molecule has 110 valence electrons. The van der Waals surface area contributed by atoms with Crippen LogP contribution in [0.1, 0.15) is 50.0 Å². The van der Waals surface area contributed by atoms with Gasteiger partial charge in [0.05, 0.1) is 18.8 Å². The van der Waals surface area contributed by atoms with Crippen LogP contribution in [-0.4, -0.2) is 23.9 Å². The van der Waals surface area contributed by atoms with Crippen molar-refractivity contribution in [3.05, 3.63) is 33.4 Å². The molecule has 0 radical (unpaired) electrons. The molecule has 0 spiro atoms. The highest BCUT2D eigenvalue weighted by atomic mass is 127. The van der Waals surface area contributed by atoms with Gasteiger partial charge >= 0.3 is 0 Å². The first-order chi connectivity index (χ1) is 9.72. The van der Waals surface area contributed by atoms with Gasteiger partial charge in [0, 0.05) is 3.57 Å². The van der Waals surface area contributed by atoms with E-state index in [4.69, 9.17) is 4.74 Å². The molecule has 1 saturated carbocycles. The van der Waals surface area contributed by atoms with Crippen LogP contribution in [0.25, 0.3) is 0 Å². The standard InChI is InChI=1S/C17H23IO2/c18-15-7-5-13(6-8-15)12-1-3-14(4-2-12)17-10-9-16(19)11-20-17/h5-8,12,14,16-17,19H,1-4,9-11H2. The van der Waals surface area contributed by atoms with Crippen molar-refractivity contribution in [1.29, 1.82) is 0 Å². The molecule has 2 unspecified atom stereocenters. The molecule has 1 aliphatic carbocycles. The Morgan fingerprint density at radius 2 is 1.65 bits per heavy atom. The fraction of sp³-hybridized carbons (Fsp3) is 0.647. The van der Waals surface area contributed by atoms with Crippen molar-refractivity contribution in [2.45, 2.75) is 56.7 Å². The van der Waals surface area contributed by atoms with Crippen molar-refractivity contribution in [2.75, 3.05) is 6.61 Å². The van der Waals surface area contributed by atoms with E-state index in [0.717, 1.165) is 18.8 Å². The monoisotopic (exact) mass is 386 g/mol. The van der Waals surface area contributed by atoms with Gasteiger partial charge in [-0.1, -0.05) is 12.1 Å². The van der Waals surface area contributed by atoms with Crippen LogP contribution in [0.15, 0.2) is 24.3 Å². The second-order valence-corrected chi connectivity index (χ2v) is 7.51. The van der Waals surface area contributed by atoms with E-state index in [1.165, 1.54) is 34.8 Å². The average molecular weight is 386 g/mol. The first-order valence-corrected chi connectivity index (χ1v) is 8.85. The summed E-state index contributed by atoms with van der Waals surface area (Å²) in [5, 5.41) is 9.51. The topological polar surface area (TPSA) is 29.5 Å². The van der Waals surface area contributed by atoms with E-state index in [9.17, 15) is 5.11 Å². The quantitative estimate of drug-likeness (QED) is 0.776. The van der Waals surface area contributed by atoms with Gasteiger partial charge in [-0.3, -0.25) is 0 Å². The zero-order valence-corrected chi connectivity index (χ0v) is 14.0. The maximum absolute atomic E-state index is 9.51. The fourth-order valence-electron chi connectivity index (χ4n) is 3.69. The van der Waals surface area contributed by atoms with Crippen molar-refractivity contribution in [2.24, 2.45) is 5.92 Å². The molecule has 0 amide bonds. The molecule has 2 atom stereocenters. The number of hydrogen-bond acceptors (Lipinski definition) is 2. The first-order valence-electron chi connectivity index (χ1n) is 7.77. The second kappa shape index (κ2) is 6.75. The number of aliphatic hydroxyl groups is 1. The lowest BCUT2D eigenvalue weighted by Gasteiger charge is -2.37. The molecule has 0 aromatic heterocycles. The van der Waals surface area contributed by atoms with Gasteiger partial charge < -0.3 is 9.84 Å². The number of rotatable bonds is 2. The van der Waals surface area contributed by atoms with Crippen molar-refractivity contribution in [3.63, 3.8) is 0 Å². The molecule has 1 aliphatic heterocycles. The van der Waals surface area contributed by atoms with Crippen LogP contribution in [0, 0.1) is 9.49 Å². The number of ether oxygens (including phenoxy) is 1. The van der Waals surface area contributed by atoms with Crippen molar-refractivity contribution in [1.82, 2.24) is 0 Å². The molecule has 3 heteroatoms. The molecule has 1 saturated heterocycles. The highest BCUT2D eigenvalue weighted by Crippen LogP contribution is 2.39. The van der Waals surface area contributed by atoms with E-state index in [2.05, 4.69) is 46.9 Å². The highest BCUT2D eigenvalue weighted by Gasteiger charge is 2.31. The SMILES string of the molecule is OC1CCC(C2CCC(c3ccc(I)cc3)CC2)OC1. The molecular formula is C17H23IO2. The van der Waals surface area contributed by atoms with Crippen LogP contribution >= 0.6 is 22.6 Å². The Labute approximate surface area is 135 Å². The summed E-state index contributed by atoms with van der Waals surface area (Å²) in [6, 6.07) is 9.02. The summed E-state index contributed by atoms with van der Waals surface area (Å²) in [5.41, 5.74) is 1.50. The van der Waals surface area contributed by atoms with Gasteiger partial charge in [0.15, 0.2) is 0 Å². The Morgan fingerprint density at radius 1 is 0.950 bits per heavy atom. The maximum Gasteiger partial charge on any atom is 0.0774 e. The van der Waals surface area contributed by atoms with E-state index in [1.807, 2.05) is 0 Å². The van der Waals surface area contributed by atoms with Gasteiger partial charge in [0.1, 0.15) is 0 Å². The van der Waals surface area contributed by atoms with Crippen LogP contribution < -0.4 is 0 Å². The molecule has 1 N–H and O–H groups in total. The Hall–Kier alpha value is -0.130. The predicted molar refractivity (Wildman–Crippen MR) is 88.8 cm³/mol. The summed E-state index contributed by atoms with van der Waals surface area (Å²) in [5.74, 6) is 1.44. The molecule has 2 nitrogen and oxygen atoms in total. The summed E-state index contributed by atoms with van der Waals surface area (Å²) >= 11 is 2.36. The van der Waals surface area contributed by atoms with Gasteiger partial charge in [0.25, 0.3) is 0 Å². The van der Waals surface area contributed by atoms with Crippen LogP contribution in [0.3, 0.4) is 0 Å². The molecule has 20 heavy (non-hydrogen) atoms. The van der Waals surface area contributed by atoms with E-state index in [0.29, 0.717) is 18.6 Å². The summed E-state index contributed by atoms with van der Waals surface area (Å²) < 4.78 is 7.15. The van der Waals surface area contributed by atoms with E-state index >= 15 is 0 Å². The summed E-state index contributed by atoms with van der Waals surface area (Å²) in [6.45, 7) is 0.543.